The Balaban J connectivity index is 2.06. The van der Waals surface area contributed by atoms with Gasteiger partial charge in [0, 0.05) is 18.0 Å². The highest BCUT2D eigenvalue weighted by molar-refractivity contribution is 7.20. The summed E-state index contributed by atoms with van der Waals surface area (Å²) in [6.07, 6.45) is 3.49. The number of thiazole rings is 1. The monoisotopic (exact) mass is 332 g/mol. The van der Waals surface area contributed by atoms with Gasteiger partial charge in [-0.2, -0.15) is 0 Å². The first-order valence-corrected chi connectivity index (χ1v) is 7.49. The Morgan fingerprint density at radius 1 is 1.37 bits per heavy atom. The standard InChI is InChI=1S/C11H6Cl2N2O2S2/c1-17-10(16)7-4-15-3-6(14-11(15)18-7)5-2-8(12)19-9(5)13/h2-4H,1H3. The second-order valence-corrected chi connectivity index (χ2v) is 6.94. The lowest BCUT2D eigenvalue weighted by Gasteiger charge is -1.92. The van der Waals surface area contributed by atoms with Crippen LogP contribution in [0.5, 0.6) is 0 Å². The summed E-state index contributed by atoms with van der Waals surface area (Å²) >= 11 is 14.6. The third-order valence-electron chi connectivity index (χ3n) is 2.48. The molecular formula is C11H6Cl2N2O2S2. The number of imidazole rings is 1. The molecule has 0 unspecified atom stereocenters. The summed E-state index contributed by atoms with van der Waals surface area (Å²) in [4.78, 5) is 17.0. The third-order valence-corrected chi connectivity index (χ3v) is 4.94. The number of rotatable bonds is 2. The van der Waals surface area contributed by atoms with Crippen LogP contribution in [0.1, 0.15) is 9.67 Å². The Labute approximate surface area is 126 Å². The van der Waals surface area contributed by atoms with Crippen molar-refractivity contribution in [2.24, 2.45) is 0 Å². The minimum atomic E-state index is -0.367. The zero-order valence-electron chi connectivity index (χ0n) is 9.52. The van der Waals surface area contributed by atoms with Crippen molar-refractivity contribution in [3.63, 3.8) is 0 Å². The molecule has 0 spiro atoms. The van der Waals surface area contributed by atoms with Gasteiger partial charge in [-0.25, -0.2) is 9.78 Å². The van der Waals surface area contributed by atoms with E-state index < -0.39 is 0 Å². The number of esters is 1. The SMILES string of the molecule is COC(=O)c1cn2cc(-c3cc(Cl)sc3Cl)nc2s1. The van der Waals surface area contributed by atoms with Gasteiger partial charge in [-0.3, -0.25) is 4.40 Å². The van der Waals surface area contributed by atoms with Crippen LogP contribution in [-0.4, -0.2) is 22.5 Å². The first kappa shape index (κ1) is 12.9. The Hall–Kier alpha value is -1.08. The maximum absolute atomic E-state index is 11.4. The predicted octanol–water partition coefficient (Wildman–Crippen LogP) is 4.22. The van der Waals surface area contributed by atoms with Gasteiger partial charge in [0.05, 0.1) is 17.1 Å². The van der Waals surface area contributed by atoms with Gasteiger partial charge in [0.1, 0.15) is 9.21 Å². The van der Waals surface area contributed by atoms with Crippen molar-refractivity contribution in [3.05, 3.63) is 32.0 Å². The zero-order valence-corrected chi connectivity index (χ0v) is 12.7. The van der Waals surface area contributed by atoms with Crippen LogP contribution in [0.3, 0.4) is 0 Å². The number of methoxy groups -OCH3 is 1. The maximum atomic E-state index is 11.4. The summed E-state index contributed by atoms with van der Waals surface area (Å²) in [5, 5.41) is 0. The van der Waals surface area contributed by atoms with E-state index in [1.807, 2.05) is 6.20 Å². The van der Waals surface area contributed by atoms with Crippen molar-refractivity contribution < 1.29 is 9.53 Å². The maximum Gasteiger partial charge on any atom is 0.349 e. The van der Waals surface area contributed by atoms with E-state index in [9.17, 15) is 4.79 Å². The zero-order chi connectivity index (χ0) is 13.6. The average Bonchev–Trinajstić information content (AvgIpc) is 3.00. The molecule has 3 aromatic rings. The molecule has 3 heterocycles. The molecule has 0 bridgehead atoms. The fourth-order valence-electron chi connectivity index (χ4n) is 1.64. The van der Waals surface area contributed by atoms with Gasteiger partial charge in [0.15, 0.2) is 4.96 Å². The Bertz CT molecular complexity index is 743. The Morgan fingerprint density at radius 2 is 2.16 bits per heavy atom. The van der Waals surface area contributed by atoms with Gasteiger partial charge in [-0.05, 0) is 6.07 Å². The van der Waals surface area contributed by atoms with Crippen molar-refractivity contribution in [2.45, 2.75) is 0 Å². The highest BCUT2D eigenvalue weighted by Gasteiger charge is 2.16. The number of carbonyl (C=O) groups is 1. The number of aromatic nitrogens is 2. The minimum absolute atomic E-state index is 0.367. The number of thiophene rings is 1. The number of hydrogen-bond donors (Lipinski definition) is 0. The molecule has 8 heteroatoms. The molecule has 3 aromatic heterocycles. The number of carbonyl (C=O) groups excluding carboxylic acids is 1. The molecule has 0 aliphatic heterocycles. The van der Waals surface area contributed by atoms with E-state index in [4.69, 9.17) is 23.2 Å². The molecule has 0 aliphatic rings. The van der Waals surface area contributed by atoms with Crippen molar-refractivity contribution in [1.29, 1.82) is 0 Å². The smallest absolute Gasteiger partial charge is 0.349 e. The summed E-state index contributed by atoms with van der Waals surface area (Å²) in [7, 11) is 1.35. The molecular weight excluding hydrogens is 327 g/mol. The molecule has 19 heavy (non-hydrogen) atoms. The third kappa shape index (κ3) is 2.25. The Morgan fingerprint density at radius 3 is 2.74 bits per heavy atom. The van der Waals surface area contributed by atoms with Gasteiger partial charge in [0.25, 0.3) is 0 Å². The lowest BCUT2D eigenvalue weighted by atomic mass is 10.3. The molecule has 0 fully saturated rings. The van der Waals surface area contributed by atoms with Crippen molar-refractivity contribution in [2.75, 3.05) is 7.11 Å². The molecule has 0 radical (unpaired) electrons. The molecule has 0 N–H and O–H groups in total. The van der Waals surface area contributed by atoms with E-state index in [1.54, 1.807) is 16.7 Å². The van der Waals surface area contributed by atoms with Crippen molar-refractivity contribution in [1.82, 2.24) is 9.38 Å². The van der Waals surface area contributed by atoms with E-state index >= 15 is 0 Å². The van der Waals surface area contributed by atoms with Crippen LogP contribution >= 0.6 is 45.9 Å². The second kappa shape index (κ2) is 4.79. The van der Waals surface area contributed by atoms with Crippen LogP contribution in [0, 0.1) is 0 Å². The molecule has 0 amide bonds. The van der Waals surface area contributed by atoms with E-state index in [0.29, 0.717) is 18.5 Å². The lowest BCUT2D eigenvalue weighted by Crippen LogP contribution is -1.97. The normalized spacial score (nSPS) is 11.1. The number of nitrogens with zero attached hydrogens (tertiary/aromatic N) is 2. The molecule has 0 atom stereocenters. The molecule has 0 saturated heterocycles. The minimum Gasteiger partial charge on any atom is -0.465 e. The first-order valence-electron chi connectivity index (χ1n) is 5.10. The molecule has 0 aliphatic carbocycles. The van der Waals surface area contributed by atoms with Crippen LogP contribution in [0.2, 0.25) is 8.67 Å². The molecule has 0 aromatic carbocycles. The highest BCUT2D eigenvalue weighted by atomic mass is 35.5. The molecule has 3 rings (SSSR count). The van der Waals surface area contributed by atoms with E-state index in [1.165, 1.54) is 29.8 Å². The van der Waals surface area contributed by atoms with Gasteiger partial charge in [0.2, 0.25) is 0 Å². The lowest BCUT2D eigenvalue weighted by molar-refractivity contribution is 0.0606. The van der Waals surface area contributed by atoms with E-state index in [-0.39, 0.29) is 5.97 Å². The van der Waals surface area contributed by atoms with Crippen LogP contribution in [0.25, 0.3) is 16.2 Å². The molecule has 4 nitrogen and oxygen atoms in total. The van der Waals surface area contributed by atoms with E-state index in [0.717, 1.165) is 11.3 Å². The summed E-state index contributed by atoms with van der Waals surface area (Å²) in [6.45, 7) is 0. The highest BCUT2D eigenvalue weighted by Crippen LogP contribution is 2.38. The fourth-order valence-corrected chi connectivity index (χ4v) is 4.00. The predicted molar refractivity (Wildman–Crippen MR) is 77.7 cm³/mol. The average molecular weight is 333 g/mol. The second-order valence-electron chi connectivity index (χ2n) is 3.64. The van der Waals surface area contributed by atoms with Crippen LogP contribution in [0.4, 0.5) is 0 Å². The number of fused-ring (bicyclic) bond motifs is 1. The first-order chi connectivity index (χ1) is 9.08. The quantitative estimate of drug-likeness (QED) is 0.660. The topological polar surface area (TPSA) is 43.6 Å². The Kier molecular flexibility index (Phi) is 3.26. The van der Waals surface area contributed by atoms with Crippen LogP contribution in [0.15, 0.2) is 18.5 Å². The van der Waals surface area contributed by atoms with Crippen LogP contribution < -0.4 is 0 Å². The fraction of sp³-hybridized carbons (Fsp3) is 0.0909. The van der Waals surface area contributed by atoms with Gasteiger partial charge in [-0.1, -0.05) is 34.5 Å². The summed E-state index contributed by atoms with van der Waals surface area (Å²) < 4.78 is 7.66. The molecule has 98 valence electrons. The largest absolute Gasteiger partial charge is 0.465 e. The van der Waals surface area contributed by atoms with Gasteiger partial charge >= 0.3 is 5.97 Å². The van der Waals surface area contributed by atoms with Crippen LogP contribution in [-0.2, 0) is 4.74 Å². The van der Waals surface area contributed by atoms with Crippen molar-refractivity contribution in [3.8, 4) is 11.3 Å². The number of ether oxygens (including phenoxy) is 1. The van der Waals surface area contributed by atoms with Crippen molar-refractivity contribution >= 4 is 56.8 Å². The number of hydrogen-bond acceptors (Lipinski definition) is 5. The van der Waals surface area contributed by atoms with Gasteiger partial charge < -0.3 is 4.74 Å². The molecule has 0 saturated carbocycles. The number of halogens is 2. The van der Waals surface area contributed by atoms with Gasteiger partial charge in [-0.15, -0.1) is 11.3 Å². The summed E-state index contributed by atoms with van der Waals surface area (Å²) in [5.41, 5.74) is 1.53. The van der Waals surface area contributed by atoms with E-state index in [2.05, 4.69) is 9.72 Å². The summed E-state index contributed by atoms with van der Waals surface area (Å²) in [5.74, 6) is -0.367. The summed E-state index contributed by atoms with van der Waals surface area (Å²) in [6, 6.07) is 1.78.